The van der Waals surface area contributed by atoms with Crippen molar-refractivity contribution >= 4 is 29.7 Å². The van der Waals surface area contributed by atoms with Gasteiger partial charge >= 0.3 is 0 Å². The predicted octanol–water partition coefficient (Wildman–Crippen LogP) is 6.84. The van der Waals surface area contributed by atoms with Crippen LogP contribution in [0.1, 0.15) is 20.8 Å². The Morgan fingerprint density at radius 1 is 0.926 bits per heavy atom. The Morgan fingerprint density at radius 3 is 1.70 bits per heavy atom. The summed E-state index contributed by atoms with van der Waals surface area (Å²) >= 11 is 1.61. The Kier molecular flexibility index (Phi) is 8.25. The molecule has 0 N–H and O–H groups in total. The number of hydrogen-bond donors (Lipinski definition) is 0. The number of thioether (sulfide) groups is 1. The van der Waals surface area contributed by atoms with Crippen LogP contribution in [-0.4, -0.2) is 25.0 Å². The standard InChI is InChI=1S/C13H22FNOSSi.C7H7FS/c1-13(2,3)18(5,6)15-17(4,16)12-9-7-11(14)8-10-12;1-9-7-4-2-6(8)3-5-7/h7-10H,1-6H3;2-5H,1H3. The minimum atomic E-state index is -2.45. The number of rotatable bonds is 3. The SMILES string of the molecule is CC(C)(C)[Si](C)(C)N=S(C)(=O)c1ccc(F)cc1.CSc1ccc(F)cc1. The van der Waals surface area contributed by atoms with Gasteiger partial charge in [-0.05, 0) is 72.9 Å². The van der Waals surface area contributed by atoms with E-state index in [2.05, 4.69) is 37.9 Å². The summed E-state index contributed by atoms with van der Waals surface area (Å²) in [6.07, 6.45) is 3.61. The lowest BCUT2D eigenvalue weighted by Crippen LogP contribution is -2.36. The molecule has 0 saturated heterocycles. The molecule has 0 bridgehead atoms. The van der Waals surface area contributed by atoms with Crippen LogP contribution < -0.4 is 0 Å². The van der Waals surface area contributed by atoms with Crippen LogP contribution in [0.5, 0.6) is 0 Å². The second kappa shape index (κ2) is 9.34. The Labute approximate surface area is 168 Å². The van der Waals surface area contributed by atoms with Crippen molar-refractivity contribution in [3.63, 3.8) is 0 Å². The second-order valence-electron chi connectivity index (χ2n) is 7.81. The first-order valence-electron chi connectivity index (χ1n) is 8.57. The molecule has 0 radical (unpaired) electrons. The molecular weight excluding hydrogens is 400 g/mol. The molecule has 0 aliphatic carbocycles. The summed E-state index contributed by atoms with van der Waals surface area (Å²) in [5, 5.41) is 0.0473. The van der Waals surface area contributed by atoms with Crippen molar-refractivity contribution in [1.82, 2.24) is 0 Å². The van der Waals surface area contributed by atoms with Crippen LogP contribution in [0.3, 0.4) is 0 Å². The van der Waals surface area contributed by atoms with Gasteiger partial charge in [0.05, 0.1) is 9.73 Å². The number of hydrogen-bond acceptors (Lipinski definition) is 3. The van der Waals surface area contributed by atoms with Crippen LogP contribution >= 0.6 is 11.8 Å². The van der Waals surface area contributed by atoms with E-state index < -0.39 is 18.0 Å². The third-order valence-corrected chi connectivity index (χ3v) is 13.3. The summed E-state index contributed by atoms with van der Waals surface area (Å²) in [6, 6.07) is 12.2. The molecule has 0 fully saturated rings. The topological polar surface area (TPSA) is 29.4 Å². The maximum Gasteiger partial charge on any atom is 0.193 e. The maximum absolute atomic E-state index is 12.9. The quantitative estimate of drug-likeness (QED) is 0.395. The first-order valence-corrected chi connectivity index (χ1v) is 14.7. The van der Waals surface area contributed by atoms with Crippen LogP contribution in [0.4, 0.5) is 8.78 Å². The molecule has 27 heavy (non-hydrogen) atoms. The summed E-state index contributed by atoms with van der Waals surface area (Å²) in [7, 11) is -4.43. The second-order valence-corrected chi connectivity index (χ2v) is 16.1. The van der Waals surface area contributed by atoms with E-state index in [1.54, 1.807) is 42.3 Å². The molecular formula is C20H29F2NOS2Si. The minimum absolute atomic E-state index is 0.0473. The third kappa shape index (κ3) is 7.39. The summed E-state index contributed by atoms with van der Waals surface area (Å²) in [5.74, 6) is -0.492. The molecule has 0 aliphatic rings. The number of benzene rings is 2. The van der Waals surface area contributed by atoms with Crippen LogP contribution in [0.15, 0.2) is 62.4 Å². The Hall–Kier alpha value is -1.18. The van der Waals surface area contributed by atoms with Gasteiger partial charge in [0.25, 0.3) is 0 Å². The van der Waals surface area contributed by atoms with Gasteiger partial charge in [-0.2, -0.15) is 0 Å². The lowest BCUT2D eigenvalue weighted by Gasteiger charge is -2.33. The first-order chi connectivity index (χ1) is 12.3. The molecule has 0 aliphatic heterocycles. The molecule has 0 saturated carbocycles. The zero-order valence-electron chi connectivity index (χ0n) is 17.0. The van der Waals surface area contributed by atoms with Crippen LogP contribution in [0.2, 0.25) is 18.1 Å². The Morgan fingerprint density at radius 2 is 1.33 bits per heavy atom. The van der Waals surface area contributed by atoms with Crippen molar-refractivity contribution < 1.29 is 13.0 Å². The van der Waals surface area contributed by atoms with Gasteiger partial charge in [-0.15, -0.1) is 11.8 Å². The van der Waals surface area contributed by atoms with E-state index in [1.165, 1.54) is 24.3 Å². The average Bonchev–Trinajstić information content (AvgIpc) is 2.54. The summed E-state index contributed by atoms with van der Waals surface area (Å²) in [4.78, 5) is 1.70. The van der Waals surface area contributed by atoms with Gasteiger partial charge in [0.2, 0.25) is 0 Å². The third-order valence-electron chi connectivity index (χ3n) is 4.54. The van der Waals surface area contributed by atoms with Crippen molar-refractivity contribution in [2.24, 2.45) is 4.03 Å². The van der Waals surface area contributed by atoms with Crippen molar-refractivity contribution in [3.05, 3.63) is 60.2 Å². The molecule has 2 nitrogen and oxygen atoms in total. The smallest absolute Gasteiger partial charge is 0.193 e. The lowest BCUT2D eigenvalue weighted by molar-refractivity contribution is 0.626. The van der Waals surface area contributed by atoms with Gasteiger partial charge in [0.15, 0.2) is 8.24 Å². The largest absolute Gasteiger partial charge is 0.274 e. The van der Waals surface area contributed by atoms with Gasteiger partial charge in [-0.1, -0.05) is 20.8 Å². The van der Waals surface area contributed by atoms with Gasteiger partial charge in [-0.25, -0.2) is 13.0 Å². The molecule has 2 rings (SSSR count). The fraction of sp³-hybridized carbons (Fsp3) is 0.400. The van der Waals surface area contributed by atoms with Crippen molar-refractivity contribution in [3.8, 4) is 0 Å². The highest BCUT2D eigenvalue weighted by Gasteiger charge is 2.37. The molecule has 0 aromatic heterocycles. The zero-order valence-corrected chi connectivity index (χ0v) is 19.7. The molecule has 150 valence electrons. The monoisotopic (exact) mass is 429 g/mol. The molecule has 7 heteroatoms. The fourth-order valence-electron chi connectivity index (χ4n) is 1.88. The summed E-state index contributed by atoms with van der Waals surface area (Å²) in [6.45, 7) is 10.6. The fourth-order valence-corrected chi connectivity index (χ4v) is 7.93. The minimum Gasteiger partial charge on any atom is -0.274 e. The van der Waals surface area contributed by atoms with E-state index in [9.17, 15) is 13.0 Å². The van der Waals surface area contributed by atoms with Crippen LogP contribution in [0, 0.1) is 11.6 Å². The highest BCUT2D eigenvalue weighted by molar-refractivity contribution is 7.98. The first kappa shape index (κ1) is 23.9. The van der Waals surface area contributed by atoms with Gasteiger partial charge in [0, 0.05) is 16.0 Å². The van der Waals surface area contributed by atoms with E-state index in [0.717, 1.165) is 4.90 Å². The molecule has 1 unspecified atom stereocenters. The summed E-state index contributed by atoms with van der Waals surface area (Å²) in [5.41, 5.74) is 0. The van der Waals surface area contributed by atoms with E-state index >= 15 is 0 Å². The van der Waals surface area contributed by atoms with Crippen molar-refractivity contribution in [2.45, 2.75) is 48.7 Å². The summed E-state index contributed by atoms with van der Waals surface area (Å²) < 4.78 is 42.5. The normalized spacial score (nSPS) is 14.0. The number of nitrogens with zero attached hydrogens (tertiary/aromatic N) is 1. The molecule has 0 amide bonds. The number of halogens is 2. The molecule has 0 spiro atoms. The Balaban J connectivity index is 0.000000337. The van der Waals surface area contributed by atoms with Crippen LogP contribution in [0.25, 0.3) is 0 Å². The lowest BCUT2D eigenvalue weighted by atomic mass is 10.2. The van der Waals surface area contributed by atoms with Gasteiger partial charge < -0.3 is 0 Å². The van der Waals surface area contributed by atoms with Gasteiger partial charge in [-0.3, -0.25) is 4.03 Å². The highest BCUT2D eigenvalue weighted by Crippen LogP contribution is 2.38. The van der Waals surface area contributed by atoms with E-state index in [0.29, 0.717) is 4.90 Å². The van der Waals surface area contributed by atoms with E-state index in [1.807, 2.05) is 6.26 Å². The van der Waals surface area contributed by atoms with E-state index in [-0.39, 0.29) is 16.7 Å². The van der Waals surface area contributed by atoms with E-state index in [4.69, 9.17) is 0 Å². The molecule has 2 aromatic rings. The average molecular weight is 430 g/mol. The molecule has 0 heterocycles. The van der Waals surface area contributed by atoms with Crippen molar-refractivity contribution in [2.75, 3.05) is 12.5 Å². The zero-order chi connectivity index (χ0) is 20.9. The molecule has 2 aromatic carbocycles. The maximum atomic E-state index is 12.9. The highest BCUT2D eigenvalue weighted by atomic mass is 32.2. The van der Waals surface area contributed by atoms with Crippen LogP contribution in [-0.2, 0) is 9.73 Å². The van der Waals surface area contributed by atoms with Crippen molar-refractivity contribution in [1.29, 1.82) is 0 Å². The Bertz CT molecular complexity index is 851. The predicted molar refractivity (Wildman–Crippen MR) is 117 cm³/mol. The molecule has 1 atom stereocenters. The van der Waals surface area contributed by atoms with Gasteiger partial charge in [0.1, 0.15) is 11.6 Å².